The van der Waals surface area contributed by atoms with Crippen LogP contribution in [0.3, 0.4) is 0 Å². The molecule has 1 unspecified atom stereocenters. The van der Waals surface area contributed by atoms with Crippen molar-refractivity contribution in [2.75, 3.05) is 19.7 Å². The van der Waals surface area contributed by atoms with Gasteiger partial charge in [0.2, 0.25) is 5.91 Å². The standard InChI is InChI=1S/C22H31ClN2O3/c1-2-28-22(27)17-12-14-25(15-13-17)20(16-8-10-18(23)11-9-16)21(26)24-19-6-4-3-5-7-19/h8-11,17,19-20H,2-7,12-15H2,1H3,(H,24,26). The zero-order valence-corrected chi connectivity index (χ0v) is 17.4. The summed E-state index contributed by atoms with van der Waals surface area (Å²) < 4.78 is 5.17. The minimum Gasteiger partial charge on any atom is -0.466 e. The number of esters is 1. The molecule has 0 radical (unpaired) electrons. The Kier molecular flexibility index (Phi) is 7.74. The van der Waals surface area contributed by atoms with E-state index in [1.54, 1.807) is 0 Å². The number of likely N-dealkylation sites (tertiary alicyclic amines) is 1. The summed E-state index contributed by atoms with van der Waals surface area (Å²) in [6, 6.07) is 7.47. The van der Waals surface area contributed by atoms with E-state index in [0.29, 0.717) is 24.7 Å². The third kappa shape index (κ3) is 5.48. The lowest BCUT2D eigenvalue weighted by Gasteiger charge is -2.37. The normalized spacial score (nSPS) is 20.5. The number of nitrogens with one attached hydrogen (secondary N) is 1. The summed E-state index contributed by atoms with van der Waals surface area (Å²) in [6.07, 6.45) is 7.19. The molecule has 0 bridgehead atoms. The van der Waals surface area contributed by atoms with Gasteiger partial charge < -0.3 is 10.1 Å². The van der Waals surface area contributed by atoms with Crippen molar-refractivity contribution in [2.24, 2.45) is 5.92 Å². The molecular formula is C22H31ClN2O3. The number of hydrogen-bond acceptors (Lipinski definition) is 4. The number of halogens is 1. The van der Waals surface area contributed by atoms with E-state index in [2.05, 4.69) is 10.2 Å². The van der Waals surface area contributed by atoms with Gasteiger partial charge in [0.15, 0.2) is 0 Å². The first kappa shape index (κ1) is 21.1. The first-order valence-electron chi connectivity index (χ1n) is 10.5. The molecule has 1 saturated carbocycles. The molecule has 1 amide bonds. The molecule has 1 atom stereocenters. The summed E-state index contributed by atoms with van der Waals surface area (Å²) in [5, 5.41) is 3.94. The van der Waals surface area contributed by atoms with Crippen LogP contribution in [0.4, 0.5) is 0 Å². The fraction of sp³-hybridized carbons (Fsp3) is 0.636. The van der Waals surface area contributed by atoms with Crippen molar-refractivity contribution in [2.45, 2.75) is 64.0 Å². The number of rotatable bonds is 6. The second-order valence-electron chi connectivity index (χ2n) is 7.86. The van der Waals surface area contributed by atoms with Crippen molar-refractivity contribution in [3.63, 3.8) is 0 Å². The van der Waals surface area contributed by atoms with Gasteiger partial charge in [0, 0.05) is 24.2 Å². The molecule has 154 valence electrons. The summed E-state index contributed by atoms with van der Waals surface area (Å²) >= 11 is 6.06. The topological polar surface area (TPSA) is 58.6 Å². The molecule has 3 rings (SSSR count). The van der Waals surface area contributed by atoms with Crippen LogP contribution >= 0.6 is 11.6 Å². The fourth-order valence-electron chi connectivity index (χ4n) is 4.35. The SMILES string of the molecule is CCOC(=O)C1CCN(C(C(=O)NC2CCCCC2)c2ccc(Cl)cc2)CC1. The summed E-state index contributed by atoms with van der Waals surface area (Å²) in [5.74, 6) is -0.121. The van der Waals surface area contributed by atoms with E-state index in [9.17, 15) is 9.59 Å². The highest BCUT2D eigenvalue weighted by Crippen LogP contribution is 2.29. The maximum atomic E-state index is 13.2. The molecule has 5 nitrogen and oxygen atoms in total. The first-order chi connectivity index (χ1) is 13.6. The number of benzene rings is 1. The third-order valence-corrected chi connectivity index (χ3v) is 6.15. The largest absolute Gasteiger partial charge is 0.466 e. The Morgan fingerprint density at radius 3 is 2.36 bits per heavy atom. The summed E-state index contributed by atoms with van der Waals surface area (Å²) in [4.78, 5) is 27.5. The van der Waals surface area contributed by atoms with Crippen LogP contribution in [0.1, 0.15) is 63.5 Å². The van der Waals surface area contributed by atoms with E-state index in [4.69, 9.17) is 16.3 Å². The number of nitrogens with zero attached hydrogens (tertiary/aromatic N) is 1. The molecule has 2 aliphatic rings. The van der Waals surface area contributed by atoms with Crippen molar-refractivity contribution in [3.05, 3.63) is 34.9 Å². The zero-order valence-electron chi connectivity index (χ0n) is 16.7. The minimum absolute atomic E-state index is 0.0591. The van der Waals surface area contributed by atoms with E-state index >= 15 is 0 Å². The smallest absolute Gasteiger partial charge is 0.309 e. The van der Waals surface area contributed by atoms with Gasteiger partial charge in [-0.3, -0.25) is 14.5 Å². The average molecular weight is 407 g/mol. The lowest BCUT2D eigenvalue weighted by molar-refractivity contribution is -0.150. The van der Waals surface area contributed by atoms with Crippen molar-refractivity contribution in [3.8, 4) is 0 Å². The van der Waals surface area contributed by atoms with Gasteiger partial charge in [0.25, 0.3) is 0 Å². The molecule has 1 saturated heterocycles. The number of carbonyl (C=O) groups is 2. The Morgan fingerprint density at radius 1 is 1.11 bits per heavy atom. The number of piperidine rings is 1. The Bertz CT molecular complexity index is 650. The van der Waals surface area contributed by atoms with Crippen molar-refractivity contribution in [1.29, 1.82) is 0 Å². The van der Waals surface area contributed by atoms with E-state index in [1.165, 1.54) is 19.3 Å². The molecule has 0 aromatic heterocycles. The molecule has 1 N–H and O–H groups in total. The number of carbonyl (C=O) groups excluding carboxylic acids is 2. The average Bonchev–Trinajstić information content (AvgIpc) is 2.71. The second kappa shape index (κ2) is 10.3. The number of ether oxygens (including phenoxy) is 1. The van der Waals surface area contributed by atoms with Gasteiger partial charge in [-0.1, -0.05) is 43.0 Å². The summed E-state index contributed by atoms with van der Waals surface area (Å²) in [6.45, 7) is 3.65. The van der Waals surface area contributed by atoms with Gasteiger partial charge in [-0.05, 0) is 50.3 Å². The van der Waals surface area contributed by atoms with E-state index in [0.717, 1.165) is 31.2 Å². The molecule has 1 heterocycles. The maximum Gasteiger partial charge on any atom is 0.309 e. The Labute approximate surface area is 172 Å². The quantitative estimate of drug-likeness (QED) is 0.722. The summed E-state index contributed by atoms with van der Waals surface area (Å²) in [5.41, 5.74) is 0.951. The van der Waals surface area contributed by atoms with Gasteiger partial charge in [-0.25, -0.2) is 0 Å². The van der Waals surface area contributed by atoms with Crippen LogP contribution in [0.5, 0.6) is 0 Å². The summed E-state index contributed by atoms with van der Waals surface area (Å²) in [7, 11) is 0. The molecule has 6 heteroatoms. The van der Waals surface area contributed by atoms with Crippen LogP contribution in [0.15, 0.2) is 24.3 Å². The first-order valence-corrected chi connectivity index (χ1v) is 10.9. The van der Waals surface area contributed by atoms with Crippen LogP contribution in [0.2, 0.25) is 5.02 Å². The molecule has 1 aliphatic carbocycles. The van der Waals surface area contributed by atoms with Crippen LogP contribution in [0, 0.1) is 5.92 Å². The highest BCUT2D eigenvalue weighted by molar-refractivity contribution is 6.30. The molecule has 1 aromatic rings. The van der Waals surface area contributed by atoms with E-state index in [-0.39, 0.29) is 29.9 Å². The second-order valence-corrected chi connectivity index (χ2v) is 8.30. The van der Waals surface area contributed by atoms with Crippen molar-refractivity contribution < 1.29 is 14.3 Å². The van der Waals surface area contributed by atoms with Crippen molar-refractivity contribution in [1.82, 2.24) is 10.2 Å². The minimum atomic E-state index is -0.345. The lowest BCUT2D eigenvalue weighted by Crippen LogP contribution is -2.48. The van der Waals surface area contributed by atoms with E-state index < -0.39 is 0 Å². The van der Waals surface area contributed by atoms with Gasteiger partial charge in [0.05, 0.1) is 12.5 Å². The molecular weight excluding hydrogens is 376 g/mol. The zero-order chi connectivity index (χ0) is 19.9. The van der Waals surface area contributed by atoms with Gasteiger partial charge >= 0.3 is 5.97 Å². The Hall–Kier alpha value is -1.59. The van der Waals surface area contributed by atoms with Gasteiger partial charge in [-0.2, -0.15) is 0 Å². The predicted molar refractivity (Wildman–Crippen MR) is 110 cm³/mol. The lowest BCUT2D eigenvalue weighted by atomic mass is 9.92. The number of hydrogen-bond donors (Lipinski definition) is 1. The highest BCUT2D eigenvalue weighted by Gasteiger charge is 2.34. The molecule has 2 fully saturated rings. The van der Waals surface area contributed by atoms with E-state index in [1.807, 2.05) is 31.2 Å². The van der Waals surface area contributed by atoms with Crippen LogP contribution < -0.4 is 5.32 Å². The van der Waals surface area contributed by atoms with Crippen LogP contribution in [-0.4, -0.2) is 42.5 Å². The monoisotopic (exact) mass is 406 g/mol. The molecule has 0 spiro atoms. The molecule has 28 heavy (non-hydrogen) atoms. The van der Waals surface area contributed by atoms with Gasteiger partial charge in [-0.15, -0.1) is 0 Å². The molecule has 1 aliphatic heterocycles. The van der Waals surface area contributed by atoms with Crippen LogP contribution in [-0.2, 0) is 14.3 Å². The fourth-order valence-corrected chi connectivity index (χ4v) is 4.48. The molecule has 1 aromatic carbocycles. The maximum absolute atomic E-state index is 13.2. The van der Waals surface area contributed by atoms with Crippen LogP contribution in [0.25, 0.3) is 0 Å². The third-order valence-electron chi connectivity index (χ3n) is 5.90. The van der Waals surface area contributed by atoms with Gasteiger partial charge in [0.1, 0.15) is 6.04 Å². The number of amides is 1. The highest BCUT2D eigenvalue weighted by atomic mass is 35.5. The van der Waals surface area contributed by atoms with Crippen molar-refractivity contribution >= 4 is 23.5 Å². The Morgan fingerprint density at radius 2 is 1.75 bits per heavy atom. The Balaban J connectivity index is 1.70. The predicted octanol–water partition coefficient (Wildman–Crippen LogP) is 4.11.